The van der Waals surface area contributed by atoms with Crippen LogP contribution in [0.25, 0.3) is 11.1 Å². The molecule has 4 heteroatoms. The molecule has 0 spiro atoms. The first-order valence-electron chi connectivity index (χ1n) is 25.1. The Morgan fingerprint density at radius 1 is 0.500 bits per heavy atom. The average Bonchev–Trinajstić information content (AvgIpc) is 3.65. The minimum absolute atomic E-state index is 0.0273. The molecule has 2 aliphatic carbocycles. The highest BCUT2D eigenvalue weighted by molar-refractivity contribution is 6.99. The van der Waals surface area contributed by atoms with Crippen molar-refractivity contribution in [2.24, 2.45) is 0 Å². The van der Waals surface area contributed by atoms with Crippen LogP contribution in [0.3, 0.4) is 0 Å². The summed E-state index contributed by atoms with van der Waals surface area (Å²) in [7, 11) is 0. The molecule has 66 heavy (non-hydrogen) atoms. The van der Waals surface area contributed by atoms with Gasteiger partial charge in [0.05, 0.1) is 22.7 Å². The maximum atomic E-state index is 7.80. The van der Waals surface area contributed by atoms with Gasteiger partial charge < -0.3 is 14.2 Å². The third-order valence-corrected chi connectivity index (χ3v) is 17.3. The molecule has 340 valence electrons. The Bertz CT molecular complexity index is 3040. The molecule has 11 rings (SSSR count). The lowest BCUT2D eigenvalue weighted by molar-refractivity contribution is 0.282. The van der Waals surface area contributed by atoms with Crippen molar-refractivity contribution in [3.63, 3.8) is 0 Å². The number of hydrogen-bond donors (Lipinski definition) is 0. The second-order valence-corrected chi connectivity index (χ2v) is 26.5. The standard InChI is InChI=1S/C62H73BN2O/c1-36-32-47-51-48(33-36)65-46-27-23-40(58(8,9)10)35-43(46)62(17)31-30-59(11,12)42-24-25-44(52(65)49(42)62)63(51)55-53(50-54(66-55)61(15,16)29-28-60(50,13)14)64(47)45-26-22-39(57(5,6)7)34-41(45)37-18-20-38(21-19-37)56(2,3)4/h18-27,32-35H,28-31H2,1-17H3. The summed E-state index contributed by atoms with van der Waals surface area (Å²) in [6.45, 7) is 40.6. The topological polar surface area (TPSA) is 19.6 Å². The van der Waals surface area contributed by atoms with E-state index in [0.717, 1.165) is 31.3 Å². The van der Waals surface area contributed by atoms with Crippen LogP contribution in [0, 0.1) is 6.92 Å². The predicted molar refractivity (Wildman–Crippen MR) is 283 cm³/mol. The lowest BCUT2D eigenvalue weighted by Crippen LogP contribution is -2.62. The number of nitrogens with zero attached hydrogens (tertiary/aromatic N) is 2. The second kappa shape index (κ2) is 13.4. The van der Waals surface area contributed by atoms with Crippen molar-refractivity contribution < 1.29 is 4.42 Å². The molecule has 6 aromatic rings. The molecule has 1 unspecified atom stereocenters. The Balaban J connectivity index is 1.28. The van der Waals surface area contributed by atoms with Crippen LogP contribution in [0.15, 0.2) is 89.3 Å². The van der Waals surface area contributed by atoms with E-state index in [1.54, 1.807) is 0 Å². The van der Waals surface area contributed by atoms with Crippen molar-refractivity contribution in [2.75, 3.05) is 9.80 Å². The molecule has 0 amide bonds. The summed E-state index contributed by atoms with van der Waals surface area (Å²) in [4.78, 5) is 5.41. The van der Waals surface area contributed by atoms with Crippen LogP contribution in [0.4, 0.5) is 34.1 Å². The molecule has 0 fully saturated rings. The molecule has 4 heterocycles. The minimum Gasteiger partial charge on any atom is -0.472 e. The molecule has 0 N–H and O–H groups in total. The SMILES string of the molecule is Cc1cc2c3c(c1)N1c4ccc(C(C)(C)C)cc4C4(C)CCC(C)(C)c5ccc(c1c54)B3c1oc3c(c1N2c1ccc(C(C)(C)C)cc1-c1ccc(C(C)(C)C)cc1)C(C)(C)CCC3(C)C. The molecule has 0 saturated carbocycles. The summed E-state index contributed by atoms with van der Waals surface area (Å²) in [5.41, 5.74) is 25.1. The summed E-state index contributed by atoms with van der Waals surface area (Å²) in [5, 5.41) is 0. The van der Waals surface area contributed by atoms with Gasteiger partial charge in [0.1, 0.15) is 5.76 Å². The Morgan fingerprint density at radius 2 is 1.05 bits per heavy atom. The summed E-state index contributed by atoms with van der Waals surface area (Å²) >= 11 is 0. The molecule has 0 bridgehead atoms. The lowest BCUT2D eigenvalue weighted by Gasteiger charge is -2.54. The molecule has 1 atom stereocenters. The van der Waals surface area contributed by atoms with Crippen molar-refractivity contribution in [3.8, 4) is 11.1 Å². The van der Waals surface area contributed by atoms with Gasteiger partial charge in [0.2, 0.25) is 0 Å². The van der Waals surface area contributed by atoms with Crippen molar-refractivity contribution in [2.45, 2.75) is 181 Å². The highest BCUT2D eigenvalue weighted by Crippen LogP contribution is 2.62. The van der Waals surface area contributed by atoms with Crippen LogP contribution in [-0.2, 0) is 37.9 Å². The van der Waals surface area contributed by atoms with Crippen LogP contribution in [0.2, 0.25) is 0 Å². The fourth-order valence-electron chi connectivity index (χ4n) is 12.9. The second-order valence-electron chi connectivity index (χ2n) is 26.5. The fourth-order valence-corrected chi connectivity index (χ4v) is 12.9. The van der Waals surface area contributed by atoms with Crippen LogP contribution >= 0.6 is 0 Å². The van der Waals surface area contributed by atoms with E-state index < -0.39 is 0 Å². The van der Waals surface area contributed by atoms with Gasteiger partial charge in [0.15, 0.2) is 0 Å². The number of hydrogen-bond acceptors (Lipinski definition) is 3. The van der Waals surface area contributed by atoms with Gasteiger partial charge in [-0.05, 0) is 145 Å². The van der Waals surface area contributed by atoms with Gasteiger partial charge in [-0.3, -0.25) is 0 Å². The van der Waals surface area contributed by atoms with Crippen LogP contribution in [0.5, 0.6) is 0 Å². The van der Waals surface area contributed by atoms with Crippen molar-refractivity contribution in [1.29, 1.82) is 0 Å². The number of fused-ring (bicyclic) bond motifs is 9. The van der Waals surface area contributed by atoms with E-state index in [1.165, 1.54) is 106 Å². The maximum absolute atomic E-state index is 7.80. The Labute approximate surface area is 397 Å². The average molecular weight is 873 g/mol. The summed E-state index contributed by atoms with van der Waals surface area (Å²) in [6, 6.07) is 34.3. The molecule has 5 aromatic carbocycles. The fraction of sp³-hybridized carbons (Fsp3) is 0.452. The Morgan fingerprint density at radius 3 is 1.67 bits per heavy atom. The largest absolute Gasteiger partial charge is 0.472 e. The zero-order valence-electron chi connectivity index (χ0n) is 43.3. The number of anilines is 6. The number of benzene rings is 5. The van der Waals surface area contributed by atoms with E-state index in [4.69, 9.17) is 4.42 Å². The predicted octanol–water partition coefficient (Wildman–Crippen LogP) is 15.3. The zero-order chi connectivity index (χ0) is 47.2. The monoisotopic (exact) mass is 873 g/mol. The molecular weight excluding hydrogens is 800 g/mol. The first kappa shape index (κ1) is 43.6. The third-order valence-electron chi connectivity index (χ3n) is 17.3. The van der Waals surface area contributed by atoms with Crippen molar-refractivity contribution >= 4 is 57.4 Å². The van der Waals surface area contributed by atoms with Crippen LogP contribution in [-0.4, -0.2) is 6.71 Å². The van der Waals surface area contributed by atoms with Gasteiger partial charge in [-0.15, -0.1) is 0 Å². The van der Waals surface area contributed by atoms with Crippen molar-refractivity contribution in [1.82, 2.24) is 0 Å². The molecule has 0 radical (unpaired) electrons. The summed E-state index contributed by atoms with van der Waals surface area (Å²) in [6.07, 6.45) is 4.47. The van der Waals surface area contributed by atoms with Gasteiger partial charge in [-0.25, -0.2) is 0 Å². The smallest absolute Gasteiger partial charge is 0.297 e. The van der Waals surface area contributed by atoms with E-state index in [1.807, 2.05) is 0 Å². The minimum atomic E-state index is -0.129. The zero-order valence-corrected chi connectivity index (χ0v) is 43.3. The van der Waals surface area contributed by atoms with Gasteiger partial charge in [0, 0.05) is 39.0 Å². The summed E-state index contributed by atoms with van der Waals surface area (Å²) < 4.78 is 7.80. The molecule has 1 aromatic heterocycles. The molecule has 3 nitrogen and oxygen atoms in total. The lowest BCUT2D eigenvalue weighted by atomic mass is 9.34. The highest BCUT2D eigenvalue weighted by atomic mass is 16.3. The Hall–Kier alpha value is -4.96. The van der Waals surface area contributed by atoms with Gasteiger partial charge >= 0.3 is 0 Å². The third kappa shape index (κ3) is 6.00. The van der Waals surface area contributed by atoms with Crippen LogP contribution < -0.4 is 26.4 Å². The number of rotatable bonds is 2. The Kier molecular flexibility index (Phi) is 8.85. The highest BCUT2D eigenvalue weighted by Gasteiger charge is 2.56. The van der Waals surface area contributed by atoms with E-state index >= 15 is 0 Å². The molecular formula is C62H73BN2O. The van der Waals surface area contributed by atoms with Gasteiger partial charge in [0.25, 0.3) is 6.71 Å². The number of aryl methyl sites for hydroxylation is 1. The van der Waals surface area contributed by atoms with E-state index in [0.29, 0.717) is 0 Å². The first-order chi connectivity index (χ1) is 30.6. The number of furan rings is 1. The summed E-state index contributed by atoms with van der Waals surface area (Å²) in [5.74, 6) is 1.17. The molecule has 5 aliphatic rings. The maximum Gasteiger partial charge on any atom is 0.297 e. The van der Waals surface area contributed by atoms with E-state index in [2.05, 4.69) is 212 Å². The van der Waals surface area contributed by atoms with Crippen LogP contribution in [0.1, 0.15) is 187 Å². The van der Waals surface area contributed by atoms with Crippen molar-refractivity contribution in [3.05, 3.63) is 135 Å². The van der Waals surface area contributed by atoms with E-state index in [9.17, 15) is 0 Å². The quantitative estimate of drug-likeness (QED) is 0.161. The van der Waals surface area contributed by atoms with Gasteiger partial charge in [-0.2, -0.15) is 0 Å². The normalized spacial score (nSPS) is 20.6. The first-order valence-corrected chi connectivity index (χ1v) is 25.1. The van der Waals surface area contributed by atoms with Gasteiger partial charge in [-0.1, -0.05) is 165 Å². The van der Waals surface area contributed by atoms with E-state index in [-0.39, 0.29) is 44.6 Å². The molecule has 0 saturated heterocycles. The molecule has 3 aliphatic heterocycles.